The highest BCUT2D eigenvalue weighted by Crippen LogP contribution is 2.25. The Morgan fingerprint density at radius 3 is 2.35 bits per heavy atom. The van der Waals surface area contributed by atoms with Gasteiger partial charge in [-0.2, -0.15) is 0 Å². The zero-order valence-corrected chi connectivity index (χ0v) is 11.4. The third-order valence-corrected chi connectivity index (χ3v) is 3.94. The lowest BCUT2D eigenvalue weighted by molar-refractivity contribution is 0.233. The van der Waals surface area contributed by atoms with Crippen molar-refractivity contribution in [2.45, 2.75) is 11.8 Å². The van der Waals surface area contributed by atoms with Gasteiger partial charge >= 0.3 is 0 Å². The van der Waals surface area contributed by atoms with Crippen molar-refractivity contribution in [1.29, 1.82) is 0 Å². The Kier molecular flexibility index (Phi) is 4.71. The Morgan fingerprint density at radius 2 is 1.76 bits per heavy atom. The molecule has 3 nitrogen and oxygen atoms in total. The summed E-state index contributed by atoms with van der Waals surface area (Å²) in [5.41, 5.74) is 0. The van der Waals surface area contributed by atoms with Gasteiger partial charge in [0.15, 0.2) is 0 Å². The molecule has 17 heavy (non-hydrogen) atoms. The van der Waals surface area contributed by atoms with Gasteiger partial charge in [-0.15, -0.1) is 0 Å². The van der Waals surface area contributed by atoms with Crippen molar-refractivity contribution in [3.63, 3.8) is 0 Å². The lowest BCUT2D eigenvalue weighted by Gasteiger charge is -2.31. The van der Waals surface area contributed by atoms with Crippen molar-refractivity contribution in [2.24, 2.45) is 0 Å². The van der Waals surface area contributed by atoms with E-state index in [9.17, 15) is 0 Å². The Balaban J connectivity index is 1.86. The van der Waals surface area contributed by atoms with E-state index in [1.54, 1.807) is 0 Å². The van der Waals surface area contributed by atoms with E-state index in [-0.39, 0.29) is 0 Å². The van der Waals surface area contributed by atoms with Gasteiger partial charge in [-0.1, -0.05) is 0 Å². The molecule has 1 saturated heterocycles. The molecule has 4 heteroatoms. The summed E-state index contributed by atoms with van der Waals surface area (Å²) in [5, 5.41) is 0. The molecule has 1 aromatic carbocycles. The summed E-state index contributed by atoms with van der Waals surface area (Å²) in [6.45, 7) is 7.31. The first kappa shape index (κ1) is 12.7. The van der Waals surface area contributed by atoms with E-state index in [0.717, 1.165) is 38.5 Å². The van der Waals surface area contributed by atoms with E-state index < -0.39 is 0 Å². The van der Waals surface area contributed by atoms with Gasteiger partial charge in [0.05, 0.1) is 6.61 Å². The summed E-state index contributed by atoms with van der Waals surface area (Å²) >= 11 is 1.84. The van der Waals surface area contributed by atoms with Gasteiger partial charge < -0.3 is 9.64 Å². The molecule has 0 radical (unpaired) electrons. The monoisotopic (exact) mass is 252 g/mol. The maximum atomic E-state index is 5.44. The molecule has 1 aliphatic heterocycles. The molecule has 0 N–H and O–H groups in total. The molecule has 0 spiro atoms. The minimum Gasteiger partial charge on any atom is -0.494 e. The van der Waals surface area contributed by atoms with Crippen LogP contribution in [0.1, 0.15) is 6.92 Å². The van der Waals surface area contributed by atoms with Crippen LogP contribution in [0.25, 0.3) is 0 Å². The summed E-state index contributed by atoms with van der Waals surface area (Å²) < 4.78 is 7.86. The fourth-order valence-electron chi connectivity index (χ4n) is 1.79. The van der Waals surface area contributed by atoms with Gasteiger partial charge in [0.25, 0.3) is 0 Å². The Bertz CT molecular complexity index is 334. The summed E-state index contributed by atoms with van der Waals surface area (Å²) in [6.07, 6.45) is 0. The number of hydrogen-bond acceptors (Lipinski definition) is 4. The van der Waals surface area contributed by atoms with Gasteiger partial charge in [0, 0.05) is 31.1 Å². The molecule has 1 aromatic rings. The van der Waals surface area contributed by atoms with Crippen LogP contribution >= 0.6 is 11.9 Å². The third-order valence-electron chi connectivity index (χ3n) is 2.83. The Morgan fingerprint density at radius 1 is 1.12 bits per heavy atom. The van der Waals surface area contributed by atoms with Crippen LogP contribution in [0.3, 0.4) is 0 Å². The molecule has 1 fully saturated rings. The number of nitrogens with zero attached hydrogens (tertiary/aromatic N) is 2. The van der Waals surface area contributed by atoms with Gasteiger partial charge in [-0.3, -0.25) is 0 Å². The minimum atomic E-state index is 0.727. The molecular weight excluding hydrogens is 232 g/mol. The van der Waals surface area contributed by atoms with Crippen LogP contribution in [0.4, 0.5) is 0 Å². The molecule has 0 atom stereocenters. The maximum absolute atomic E-state index is 5.44. The number of benzene rings is 1. The van der Waals surface area contributed by atoms with Crippen molar-refractivity contribution in [1.82, 2.24) is 9.21 Å². The van der Waals surface area contributed by atoms with Gasteiger partial charge in [0.2, 0.25) is 0 Å². The lowest BCUT2D eigenvalue weighted by Crippen LogP contribution is -2.40. The van der Waals surface area contributed by atoms with E-state index >= 15 is 0 Å². The first-order chi connectivity index (χ1) is 8.28. The number of piperazine rings is 1. The van der Waals surface area contributed by atoms with Crippen LogP contribution in [0.5, 0.6) is 5.75 Å². The highest BCUT2D eigenvalue weighted by molar-refractivity contribution is 7.97. The molecule has 2 rings (SSSR count). The highest BCUT2D eigenvalue weighted by Gasteiger charge is 2.14. The average molecular weight is 252 g/mol. The normalized spacial score (nSPS) is 18.2. The molecule has 94 valence electrons. The second kappa shape index (κ2) is 6.28. The van der Waals surface area contributed by atoms with Crippen molar-refractivity contribution in [2.75, 3.05) is 39.8 Å². The standard InChI is InChI=1S/C13H20N2OS/c1-3-16-12-4-6-13(7-5-12)17-15-10-8-14(2)9-11-15/h4-7H,3,8-11H2,1-2H3. The number of rotatable bonds is 4. The predicted octanol–water partition coefficient (Wildman–Crippen LogP) is 2.34. The largest absolute Gasteiger partial charge is 0.494 e. The Labute approximate surface area is 108 Å². The zero-order chi connectivity index (χ0) is 12.1. The first-order valence-corrected chi connectivity index (χ1v) is 6.89. The van der Waals surface area contributed by atoms with E-state index in [4.69, 9.17) is 4.74 Å². The van der Waals surface area contributed by atoms with Gasteiger partial charge in [-0.25, -0.2) is 4.31 Å². The fourth-order valence-corrected chi connectivity index (χ4v) is 2.69. The SMILES string of the molecule is CCOc1ccc(SN2CCN(C)CC2)cc1. The van der Waals surface area contributed by atoms with E-state index in [1.807, 2.05) is 31.0 Å². The van der Waals surface area contributed by atoms with E-state index in [1.165, 1.54) is 4.90 Å². The van der Waals surface area contributed by atoms with Crippen molar-refractivity contribution in [3.05, 3.63) is 24.3 Å². The van der Waals surface area contributed by atoms with E-state index in [2.05, 4.69) is 28.4 Å². The smallest absolute Gasteiger partial charge is 0.119 e. The number of hydrogen-bond donors (Lipinski definition) is 0. The van der Waals surface area contributed by atoms with Crippen molar-refractivity contribution < 1.29 is 4.74 Å². The second-order valence-corrected chi connectivity index (χ2v) is 5.40. The van der Waals surface area contributed by atoms with Crippen LogP contribution in [0.15, 0.2) is 29.2 Å². The quantitative estimate of drug-likeness (QED) is 0.764. The lowest BCUT2D eigenvalue weighted by atomic mass is 10.3. The average Bonchev–Trinajstić information content (AvgIpc) is 2.35. The van der Waals surface area contributed by atoms with Crippen LogP contribution in [-0.4, -0.2) is 49.0 Å². The molecule has 1 heterocycles. The Hall–Kier alpha value is -0.710. The fraction of sp³-hybridized carbons (Fsp3) is 0.538. The summed E-state index contributed by atoms with van der Waals surface area (Å²) in [4.78, 5) is 3.66. The van der Waals surface area contributed by atoms with Crippen LogP contribution in [0.2, 0.25) is 0 Å². The van der Waals surface area contributed by atoms with Crippen LogP contribution in [-0.2, 0) is 0 Å². The molecule has 0 aliphatic carbocycles. The van der Waals surface area contributed by atoms with Gasteiger partial charge in [0.1, 0.15) is 5.75 Å². The molecule has 0 aromatic heterocycles. The van der Waals surface area contributed by atoms with Crippen molar-refractivity contribution in [3.8, 4) is 5.75 Å². The van der Waals surface area contributed by atoms with Crippen molar-refractivity contribution >= 4 is 11.9 Å². The molecular formula is C13H20N2OS. The van der Waals surface area contributed by atoms with Crippen LogP contribution in [0, 0.1) is 0 Å². The third kappa shape index (κ3) is 3.91. The molecule has 1 aliphatic rings. The summed E-state index contributed by atoms with van der Waals surface area (Å²) in [6, 6.07) is 8.35. The minimum absolute atomic E-state index is 0.727. The maximum Gasteiger partial charge on any atom is 0.119 e. The molecule has 0 unspecified atom stereocenters. The predicted molar refractivity (Wildman–Crippen MR) is 72.5 cm³/mol. The number of ether oxygens (including phenoxy) is 1. The zero-order valence-electron chi connectivity index (χ0n) is 10.6. The molecule has 0 bridgehead atoms. The highest BCUT2D eigenvalue weighted by atomic mass is 32.2. The number of likely N-dealkylation sites (N-methyl/N-ethyl adjacent to an activating group) is 1. The van der Waals surface area contributed by atoms with E-state index in [0.29, 0.717) is 0 Å². The molecule has 0 amide bonds. The van der Waals surface area contributed by atoms with Crippen LogP contribution < -0.4 is 4.74 Å². The second-order valence-electron chi connectivity index (χ2n) is 4.23. The summed E-state index contributed by atoms with van der Waals surface area (Å²) in [5.74, 6) is 0.954. The first-order valence-electron chi connectivity index (χ1n) is 6.12. The summed E-state index contributed by atoms with van der Waals surface area (Å²) in [7, 11) is 2.18. The van der Waals surface area contributed by atoms with Gasteiger partial charge in [-0.05, 0) is 50.2 Å². The molecule has 0 saturated carbocycles. The topological polar surface area (TPSA) is 15.7 Å².